The third-order valence-corrected chi connectivity index (χ3v) is 5.34. The molecule has 26 heavy (non-hydrogen) atoms. The first-order valence-electron chi connectivity index (χ1n) is 8.47. The fraction of sp³-hybridized carbons (Fsp3) is 0.238. The molecule has 134 valence electrons. The Bertz CT molecular complexity index is 859. The van der Waals surface area contributed by atoms with Crippen LogP contribution in [-0.2, 0) is 15.3 Å². The van der Waals surface area contributed by atoms with Crippen molar-refractivity contribution < 1.29 is 14.3 Å². The Balaban J connectivity index is 2.04. The molecule has 2 aromatic rings. The van der Waals surface area contributed by atoms with Crippen LogP contribution in [0.3, 0.4) is 0 Å². The van der Waals surface area contributed by atoms with Crippen LogP contribution in [0, 0.1) is 0 Å². The number of amides is 2. The number of nitrogens with zero attached hydrogens (tertiary/aromatic N) is 1. The second-order valence-corrected chi connectivity index (χ2v) is 7.24. The molecule has 0 saturated carbocycles. The zero-order chi connectivity index (χ0) is 18.7. The number of benzene rings is 2. The molecule has 0 unspecified atom stereocenters. The van der Waals surface area contributed by atoms with E-state index in [0.29, 0.717) is 27.5 Å². The van der Waals surface area contributed by atoms with E-state index in [-0.39, 0.29) is 17.9 Å². The highest BCUT2D eigenvalue weighted by Gasteiger charge is 2.41. The summed E-state index contributed by atoms with van der Waals surface area (Å²) in [4.78, 5) is 27.8. The van der Waals surface area contributed by atoms with Gasteiger partial charge in [0.15, 0.2) is 0 Å². The second kappa shape index (κ2) is 7.79. The van der Waals surface area contributed by atoms with Gasteiger partial charge in [0.1, 0.15) is 5.75 Å². The minimum absolute atomic E-state index is 0.200. The molecule has 0 saturated heterocycles. The Morgan fingerprint density at radius 2 is 1.62 bits per heavy atom. The summed E-state index contributed by atoms with van der Waals surface area (Å²) in [6.45, 7) is 3.70. The number of carbonyl (C=O) groups excluding carboxylic acids is 2. The summed E-state index contributed by atoms with van der Waals surface area (Å²) in [6.07, 6.45) is 0. The Morgan fingerprint density at radius 3 is 2.27 bits per heavy atom. The molecule has 0 N–H and O–H groups in total. The number of ether oxygens (including phenoxy) is 1. The van der Waals surface area contributed by atoms with Gasteiger partial charge in [-0.3, -0.25) is 14.5 Å². The van der Waals surface area contributed by atoms with Gasteiger partial charge < -0.3 is 4.74 Å². The number of hydrogen-bond acceptors (Lipinski definition) is 4. The van der Waals surface area contributed by atoms with Crippen molar-refractivity contribution in [2.45, 2.75) is 25.6 Å². The van der Waals surface area contributed by atoms with Crippen LogP contribution in [0.4, 0.5) is 0 Å². The minimum Gasteiger partial charge on any atom is -0.496 e. The number of thioether (sulfide) groups is 1. The molecule has 1 aliphatic rings. The largest absolute Gasteiger partial charge is 0.496 e. The van der Waals surface area contributed by atoms with Gasteiger partial charge in [-0.05, 0) is 25.5 Å². The van der Waals surface area contributed by atoms with Crippen LogP contribution < -0.4 is 4.74 Å². The molecular formula is C21H21NO3S. The molecule has 0 aromatic heterocycles. The van der Waals surface area contributed by atoms with Crippen molar-refractivity contribution in [1.82, 2.24) is 4.90 Å². The maximum absolute atomic E-state index is 13.0. The van der Waals surface area contributed by atoms with Gasteiger partial charge in [0.2, 0.25) is 0 Å². The lowest BCUT2D eigenvalue weighted by Crippen LogP contribution is -2.37. The molecule has 1 aliphatic heterocycles. The summed E-state index contributed by atoms with van der Waals surface area (Å²) in [7, 11) is 1.57. The quantitative estimate of drug-likeness (QED) is 0.721. The zero-order valence-electron chi connectivity index (χ0n) is 15.1. The van der Waals surface area contributed by atoms with Gasteiger partial charge in [0, 0.05) is 17.4 Å². The van der Waals surface area contributed by atoms with Crippen molar-refractivity contribution in [2.24, 2.45) is 0 Å². The highest BCUT2D eigenvalue weighted by Crippen LogP contribution is 2.41. The average Bonchev–Trinajstić information content (AvgIpc) is 2.90. The van der Waals surface area contributed by atoms with Crippen LogP contribution in [0.25, 0.3) is 5.57 Å². The Kier molecular flexibility index (Phi) is 5.47. The fourth-order valence-electron chi connectivity index (χ4n) is 2.95. The summed E-state index contributed by atoms with van der Waals surface area (Å²) in [6, 6.07) is 17.0. The van der Waals surface area contributed by atoms with Crippen LogP contribution >= 0.6 is 11.8 Å². The van der Waals surface area contributed by atoms with Crippen molar-refractivity contribution in [2.75, 3.05) is 7.11 Å². The number of imide groups is 1. The minimum atomic E-state index is -0.259. The topological polar surface area (TPSA) is 46.6 Å². The maximum Gasteiger partial charge on any atom is 0.268 e. The summed E-state index contributed by atoms with van der Waals surface area (Å²) in [5.41, 5.74) is 2.20. The van der Waals surface area contributed by atoms with Gasteiger partial charge in [-0.15, -0.1) is 11.8 Å². The predicted molar refractivity (Wildman–Crippen MR) is 105 cm³/mol. The molecule has 0 aliphatic carbocycles. The van der Waals surface area contributed by atoms with Crippen LogP contribution in [0.2, 0.25) is 0 Å². The van der Waals surface area contributed by atoms with Crippen LogP contribution in [-0.4, -0.2) is 29.9 Å². The van der Waals surface area contributed by atoms with Crippen molar-refractivity contribution in [1.29, 1.82) is 0 Å². The lowest BCUT2D eigenvalue weighted by Gasteiger charge is -2.19. The monoisotopic (exact) mass is 367 g/mol. The van der Waals surface area contributed by atoms with Gasteiger partial charge in [-0.1, -0.05) is 48.5 Å². The lowest BCUT2D eigenvalue weighted by molar-refractivity contribution is -0.138. The molecule has 0 bridgehead atoms. The van der Waals surface area contributed by atoms with Gasteiger partial charge in [-0.25, -0.2) is 0 Å². The predicted octanol–water partition coefficient (Wildman–Crippen LogP) is 4.12. The first-order chi connectivity index (χ1) is 12.5. The lowest BCUT2D eigenvalue weighted by atomic mass is 10.0. The molecule has 0 spiro atoms. The van der Waals surface area contributed by atoms with Crippen molar-refractivity contribution in [3.63, 3.8) is 0 Å². The van der Waals surface area contributed by atoms with E-state index in [1.807, 2.05) is 62.4 Å². The van der Waals surface area contributed by atoms with Crippen molar-refractivity contribution in [3.8, 4) is 5.75 Å². The van der Waals surface area contributed by atoms with Crippen molar-refractivity contribution in [3.05, 3.63) is 70.6 Å². The average molecular weight is 367 g/mol. The molecule has 0 radical (unpaired) electrons. The van der Waals surface area contributed by atoms with E-state index in [2.05, 4.69) is 0 Å². The first kappa shape index (κ1) is 18.3. The Labute approximate surface area is 157 Å². The van der Waals surface area contributed by atoms with Crippen molar-refractivity contribution >= 4 is 29.1 Å². The maximum atomic E-state index is 13.0. The summed E-state index contributed by atoms with van der Waals surface area (Å²) >= 11 is 1.40. The van der Waals surface area contributed by atoms with Crippen LogP contribution in [0.15, 0.2) is 59.5 Å². The van der Waals surface area contributed by atoms with Gasteiger partial charge in [0.05, 0.1) is 17.6 Å². The molecule has 2 aromatic carbocycles. The standard InChI is InChI=1S/C21H21NO3S/c1-14(2)22-20(23)18(16-11-7-8-12-17(16)25-3)19(21(22)24)26-13-15-9-5-4-6-10-15/h4-12,14H,13H2,1-3H3. The van der Waals surface area contributed by atoms with E-state index in [1.54, 1.807) is 13.2 Å². The number of para-hydroxylation sites is 1. The first-order valence-corrected chi connectivity index (χ1v) is 9.45. The Hall–Kier alpha value is -2.53. The third-order valence-electron chi connectivity index (χ3n) is 4.19. The molecule has 4 nitrogen and oxygen atoms in total. The Morgan fingerprint density at radius 1 is 0.962 bits per heavy atom. The molecule has 1 heterocycles. The smallest absolute Gasteiger partial charge is 0.268 e. The van der Waals surface area contributed by atoms with Gasteiger partial charge in [-0.2, -0.15) is 0 Å². The van der Waals surface area contributed by atoms with Crippen LogP contribution in [0.5, 0.6) is 5.75 Å². The molecule has 5 heteroatoms. The molecule has 3 rings (SSSR count). The fourth-order valence-corrected chi connectivity index (χ4v) is 4.01. The number of rotatable bonds is 6. The van der Waals surface area contributed by atoms with E-state index >= 15 is 0 Å². The number of hydrogen-bond donors (Lipinski definition) is 0. The van der Waals surface area contributed by atoms with E-state index in [1.165, 1.54) is 16.7 Å². The second-order valence-electron chi connectivity index (χ2n) is 6.25. The summed E-state index contributed by atoms with van der Waals surface area (Å²) < 4.78 is 5.42. The van der Waals surface area contributed by atoms with E-state index in [9.17, 15) is 9.59 Å². The summed E-state index contributed by atoms with van der Waals surface area (Å²) in [5.74, 6) is 0.726. The normalized spacial score (nSPS) is 14.5. The number of methoxy groups -OCH3 is 1. The molecular weight excluding hydrogens is 346 g/mol. The highest BCUT2D eigenvalue weighted by atomic mass is 32.2. The van der Waals surface area contributed by atoms with E-state index in [4.69, 9.17) is 4.74 Å². The van der Waals surface area contributed by atoms with Gasteiger partial charge >= 0.3 is 0 Å². The number of carbonyl (C=O) groups is 2. The molecule has 0 fully saturated rings. The van der Waals surface area contributed by atoms with Gasteiger partial charge in [0.25, 0.3) is 11.8 Å². The molecule has 0 atom stereocenters. The van der Waals surface area contributed by atoms with Crippen LogP contribution in [0.1, 0.15) is 25.0 Å². The van der Waals surface area contributed by atoms with E-state index in [0.717, 1.165) is 5.56 Å². The molecule has 2 amide bonds. The third kappa shape index (κ3) is 3.40. The highest BCUT2D eigenvalue weighted by molar-refractivity contribution is 8.03. The summed E-state index contributed by atoms with van der Waals surface area (Å²) in [5, 5.41) is 0. The van der Waals surface area contributed by atoms with E-state index < -0.39 is 0 Å². The SMILES string of the molecule is COc1ccccc1C1=C(SCc2ccccc2)C(=O)N(C(C)C)C1=O. The zero-order valence-corrected chi connectivity index (χ0v) is 15.9.